The number of aromatic amines is 1. The standard InChI is InChI=1S/C22H24N4O3S/c27-22(21-16-20(24-25-21)17-9-4-3-5-10-17)23-18-11-8-12-19(15-18)30(28,29)26-13-6-1-2-7-14-26/h3-5,8-12,15-16H,1-2,6-7,13-14H2,(H,23,27)(H,24,25). The van der Waals surface area contributed by atoms with Crippen molar-refractivity contribution in [2.24, 2.45) is 0 Å². The van der Waals surface area contributed by atoms with Gasteiger partial charge in [0.2, 0.25) is 10.0 Å². The summed E-state index contributed by atoms with van der Waals surface area (Å²) < 4.78 is 27.6. The Morgan fingerprint density at radius 2 is 1.67 bits per heavy atom. The van der Waals surface area contributed by atoms with E-state index in [9.17, 15) is 13.2 Å². The molecule has 0 saturated carbocycles. The fourth-order valence-electron chi connectivity index (χ4n) is 3.56. The number of sulfonamides is 1. The summed E-state index contributed by atoms with van der Waals surface area (Å²) >= 11 is 0. The second kappa shape index (κ2) is 8.81. The first kappa shape index (κ1) is 20.3. The fraction of sp³-hybridized carbons (Fsp3) is 0.273. The van der Waals surface area contributed by atoms with Gasteiger partial charge >= 0.3 is 0 Å². The Morgan fingerprint density at radius 1 is 0.933 bits per heavy atom. The van der Waals surface area contributed by atoms with Gasteiger partial charge in [0.25, 0.3) is 5.91 Å². The molecule has 0 atom stereocenters. The molecule has 4 rings (SSSR count). The molecule has 1 aromatic heterocycles. The highest BCUT2D eigenvalue weighted by atomic mass is 32.2. The van der Waals surface area contributed by atoms with E-state index in [4.69, 9.17) is 0 Å². The number of aromatic nitrogens is 2. The molecular formula is C22H24N4O3S. The molecule has 1 aliphatic heterocycles. The van der Waals surface area contributed by atoms with Gasteiger partial charge in [0.05, 0.1) is 10.6 Å². The van der Waals surface area contributed by atoms with Gasteiger partial charge in [-0.25, -0.2) is 8.42 Å². The van der Waals surface area contributed by atoms with Gasteiger partial charge in [0.15, 0.2) is 0 Å². The van der Waals surface area contributed by atoms with Gasteiger partial charge in [-0.1, -0.05) is 49.2 Å². The Bertz CT molecular complexity index is 1120. The van der Waals surface area contributed by atoms with Crippen LogP contribution in [0.2, 0.25) is 0 Å². The Hall–Kier alpha value is -2.97. The van der Waals surface area contributed by atoms with E-state index in [1.54, 1.807) is 28.6 Å². The number of H-pyrrole nitrogens is 1. The van der Waals surface area contributed by atoms with Gasteiger partial charge in [0.1, 0.15) is 5.69 Å². The molecule has 30 heavy (non-hydrogen) atoms. The number of anilines is 1. The van der Waals surface area contributed by atoms with E-state index < -0.39 is 10.0 Å². The van der Waals surface area contributed by atoms with Gasteiger partial charge in [-0.3, -0.25) is 9.89 Å². The fourth-order valence-corrected chi connectivity index (χ4v) is 5.12. The minimum absolute atomic E-state index is 0.191. The lowest BCUT2D eigenvalue weighted by Crippen LogP contribution is -2.32. The molecule has 0 radical (unpaired) electrons. The van der Waals surface area contributed by atoms with Gasteiger partial charge in [-0.15, -0.1) is 0 Å². The van der Waals surface area contributed by atoms with Gasteiger partial charge < -0.3 is 5.32 Å². The minimum atomic E-state index is -3.58. The Morgan fingerprint density at radius 3 is 2.40 bits per heavy atom. The molecule has 2 aromatic carbocycles. The minimum Gasteiger partial charge on any atom is -0.321 e. The van der Waals surface area contributed by atoms with Crippen molar-refractivity contribution >= 4 is 21.6 Å². The van der Waals surface area contributed by atoms with Crippen LogP contribution >= 0.6 is 0 Å². The number of benzene rings is 2. The maximum absolute atomic E-state index is 13.0. The van der Waals surface area contributed by atoms with Crippen LogP contribution in [0, 0.1) is 0 Å². The largest absolute Gasteiger partial charge is 0.321 e. The summed E-state index contributed by atoms with van der Waals surface area (Å²) in [6, 6.07) is 17.6. The summed E-state index contributed by atoms with van der Waals surface area (Å²) in [5.74, 6) is -0.381. The van der Waals surface area contributed by atoms with Crippen molar-refractivity contribution in [1.82, 2.24) is 14.5 Å². The molecule has 0 bridgehead atoms. The second-order valence-electron chi connectivity index (χ2n) is 7.33. The molecule has 0 aliphatic carbocycles. The van der Waals surface area contributed by atoms with Crippen LogP contribution in [-0.2, 0) is 10.0 Å². The lowest BCUT2D eigenvalue weighted by molar-refractivity contribution is 0.102. The molecule has 1 fully saturated rings. The quantitative estimate of drug-likeness (QED) is 0.649. The number of hydrogen-bond acceptors (Lipinski definition) is 4. The van der Waals surface area contributed by atoms with Crippen LogP contribution in [0.1, 0.15) is 36.2 Å². The predicted octanol–water partition coefficient (Wildman–Crippen LogP) is 3.89. The summed E-state index contributed by atoms with van der Waals surface area (Å²) in [6.45, 7) is 1.07. The SMILES string of the molecule is O=C(Nc1cccc(S(=O)(=O)N2CCCCCC2)c1)c1cc(-c2ccccc2)n[nH]1. The molecule has 0 unspecified atom stereocenters. The number of carbonyl (C=O) groups excluding carboxylic acids is 1. The lowest BCUT2D eigenvalue weighted by atomic mass is 10.1. The summed E-state index contributed by atoms with van der Waals surface area (Å²) in [5, 5.41) is 9.68. The number of nitrogens with zero attached hydrogens (tertiary/aromatic N) is 2. The number of nitrogens with one attached hydrogen (secondary N) is 2. The van der Waals surface area contributed by atoms with Crippen LogP contribution in [0.25, 0.3) is 11.3 Å². The summed E-state index contributed by atoms with van der Waals surface area (Å²) in [4.78, 5) is 12.8. The average molecular weight is 425 g/mol. The molecule has 0 spiro atoms. The summed E-state index contributed by atoms with van der Waals surface area (Å²) in [7, 11) is -3.58. The highest BCUT2D eigenvalue weighted by Gasteiger charge is 2.25. The van der Waals surface area contributed by atoms with Crippen LogP contribution in [0.4, 0.5) is 5.69 Å². The van der Waals surface area contributed by atoms with Crippen LogP contribution in [0.3, 0.4) is 0 Å². The molecule has 8 heteroatoms. The Labute approximate surface area is 176 Å². The van der Waals surface area contributed by atoms with E-state index in [1.165, 1.54) is 6.07 Å². The van der Waals surface area contributed by atoms with Crippen molar-refractivity contribution in [3.63, 3.8) is 0 Å². The first-order valence-corrected chi connectivity index (χ1v) is 11.5. The van der Waals surface area contributed by atoms with E-state index in [1.807, 2.05) is 30.3 Å². The Kier molecular flexibility index (Phi) is 5.96. The van der Waals surface area contributed by atoms with Crippen molar-refractivity contribution in [2.45, 2.75) is 30.6 Å². The van der Waals surface area contributed by atoms with Crippen LogP contribution in [0.15, 0.2) is 65.6 Å². The van der Waals surface area contributed by atoms with Crippen molar-refractivity contribution in [1.29, 1.82) is 0 Å². The molecule has 1 amide bonds. The molecule has 2 N–H and O–H groups in total. The van der Waals surface area contributed by atoms with E-state index in [2.05, 4.69) is 15.5 Å². The number of rotatable bonds is 5. The third-order valence-corrected chi connectivity index (χ3v) is 7.08. The van der Waals surface area contributed by atoms with E-state index in [0.717, 1.165) is 31.2 Å². The van der Waals surface area contributed by atoms with E-state index >= 15 is 0 Å². The van der Waals surface area contributed by atoms with Crippen molar-refractivity contribution in [3.8, 4) is 11.3 Å². The zero-order chi connectivity index (χ0) is 21.0. The smallest absolute Gasteiger partial charge is 0.273 e. The third kappa shape index (κ3) is 4.44. The molecule has 1 saturated heterocycles. The van der Waals surface area contributed by atoms with E-state index in [-0.39, 0.29) is 10.8 Å². The monoisotopic (exact) mass is 424 g/mol. The molecule has 1 aliphatic rings. The molecule has 2 heterocycles. The number of hydrogen-bond donors (Lipinski definition) is 2. The average Bonchev–Trinajstić information content (AvgIpc) is 3.10. The van der Waals surface area contributed by atoms with Crippen LogP contribution in [0.5, 0.6) is 0 Å². The summed E-state index contributed by atoms with van der Waals surface area (Å²) in [5.41, 5.74) is 2.29. The number of amides is 1. The number of carbonyl (C=O) groups is 1. The lowest BCUT2D eigenvalue weighted by Gasteiger charge is -2.20. The molecule has 156 valence electrons. The highest BCUT2D eigenvalue weighted by molar-refractivity contribution is 7.89. The highest BCUT2D eigenvalue weighted by Crippen LogP contribution is 2.23. The maximum atomic E-state index is 13.0. The van der Waals surface area contributed by atoms with Gasteiger partial charge in [0, 0.05) is 24.3 Å². The summed E-state index contributed by atoms with van der Waals surface area (Å²) in [6.07, 6.45) is 3.85. The zero-order valence-corrected chi connectivity index (χ0v) is 17.4. The zero-order valence-electron chi connectivity index (χ0n) is 16.5. The van der Waals surface area contributed by atoms with Crippen molar-refractivity contribution in [3.05, 3.63) is 66.4 Å². The Balaban J connectivity index is 1.50. The second-order valence-corrected chi connectivity index (χ2v) is 9.27. The molecule has 7 nitrogen and oxygen atoms in total. The van der Waals surface area contributed by atoms with Crippen LogP contribution < -0.4 is 5.32 Å². The van der Waals surface area contributed by atoms with Crippen molar-refractivity contribution in [2.75, 3.05) is 18.4 Å². The predicted molar refractivity (Wildman–Crippen MR) is 116 cm³/mol. The van der Waals surface area contributed by atoms with Gasteiger partial charge in [-0.05, 0) is 37.1 Å². The van der Waals surface area contributed by atoms with Gasteiger partial charge in [-0.2, -0.15) is 9.40 Å². The maximum Gasteiger partial charge on any atom is 0.273 e. The van der Waals surface area contributed by atoms with Crippen molar-refractivity contribution < 1.29 is 13.2 Å². The van der Waals surface area contributed by atoms with Crippen LogP contribution in [-0.4, -0.2) is 41.9 Å². The molecule has 3 aromatic rings. The third-order valence-electron chi connectivity index (χ3n) is 5.19. The van der Waals surface area contributed by atoms with E-state index in [0.29, 0.717) is 30.2 Å². The first-order chi connectivity index (χ1) is 14.5. The normalized spacial score (nSPS) is 15.5. The first-order valence-electron chi connectivity index (χ1n) is 10.1. The topological polar surface area (TPSA) is 95.2 Å². The molecular weight excluding hydrogens is 400 g/mol.